The van der Waals surface area contributed by atoms with Gasteiger partial charge in [0.25, 0.3) is 0 Å². The first kappa shape index (κ1) is 18.9. The lowest BCUT2D eigenvalue weighted by molar-refractivity contribution is 1.24. The molecule has 4 nitrogen and oxygen atoms in total. The van der Waals surface area contributed by atoms with Crippen LogP contribution in [0.4, 0.5) is 11.6 Å². The number of halogens is 2. The molecule has 1 heterocycles. The van der Waals surface area contributed by atoms with Crippen molar-refractivity contribution in [3.63, 3.8) is 0 Å². The Bertz CT molecular complexity index is 1180. The molecule has 1 aromatic heterocycles. The number of hydrogen-bond acceptors (Lipinski definition) is 5. The number of anilines is 2. The van der Waals surface area contributed by atoms with Crippen molar-refractivity contribution in [1.29, 1.82) is 0 Å². The van der Waals surface area contributed by atoms with Crippen LogP contribution in [-0.4, -0.2) is 9.97 Å². The quantitative estimate of drug-likeness (QED) is 0.359. The van der Waals surface area contributed by atoms with E-state index in [9.17, 15) is 0 Å². The number of nitrogen functional groups attached to an aromatic ring is 1. The molecule has 0 atom stereocenters. The van der Waals surface area contributed by atoms with Crippen LogP contribution in [0.2, 0.25) is 10.0 Å². The second kappa shape index (κ2) is 7.87. The average molecular weight is 427 g/mol. The minimum absolute atomic E-state index is 0.277. The molecule has 0 aliphatic rings. The third-order valence-electron chi connectivity index (χ3n) is 4.32. The Morgan fingerprint density at radius 3 is 2.71 bits per heavy atom. The summed E-state index contributed by atoms with van der Waals surface area (Å²) >= 11 is 13.7. The van der Waals surface area contributed by atoms with Gasteiger partial charge >= 0.3 is 0 Å². The number of nitrogens with two attached hydrogens (primary N) is 1. The van der Waals surface area contributed by atoms with Crippen molar-refractivity contribution in [3.8, 4) is 11.1 Å². The number of fused-ring (bicyclic) bond motifs is 1. The Morgan fingerprint density at radius 1 is 1.00 bits per heavy atom. The molecule has 0 amide bonds. The summed E-state index contributed by atoms with van der Waals surface area (Å²) in [5.41, 5.74) is 10.9. The van der Waals surface area contributed by atoms with Crippen molar-refractivity contribution in [2.24, 2.45) is 0 Å². The van der Waals surface area contributed by atoms with Crippen LogP contribution < -0.4 is 10.5 Å². The van der Waals surface area contributed by atoms with Crippen LogP contribution in [0, 0.1) is 6.92 Å². The maximum absolute atomic E-state index is 6.24. The van der Waals surface area contributed by atoms with Gasteiger partial charge in [0.15, 0.2) is 0 Å². The highest BCUT2D eigenvalue weighted by Crippen LogP contribution is 2.33. The Labute approximate surface area is 177 Å². The molecule has 3 aromatic carbocycles. The van der Waals surface area contributed by atoms with Gasteiger partial charge in [0.1, 0.15) is 0 Å². The maximum Gasteiger partial charge on any atom is 0.220 e. The standard InChI is InChI=1S/C21H16Cl2N4S/c1-12-2-5-16(27-28-20-9-15(22)4-6-18(20)23)10-17(12)13-3-7-19-14(8-13)11-25-21(24)26-19/h2-11,27H,1H3,(H2,24,25,26). The van der Waals surface area contributed by atoms with E-state index in [4.69, 9.17) is 28.9 Å². The zero-order valence-corrected chi connectivity index (χ0v) is 17.2. The van der Waals surface area contributed by atoms with Gasteiger partial charge in [-0.15, -0.1) is 0 Å². The van der Waals surface area contributed by atoms with Crippen LogP contribution >= 0.6 is 35.1 Å². The van der Waals surface area contributed by atoms with Gasteiger partial charge < -0.3 is 10.5 Å². The highest BCUT2D eigenvalue weighted by atomic mass is 35.5. The van der Waals surface area contributed by atoms with Crippen molar-refractivity contribution in [2.75, 3.05) is 10.5 Å². The number of nitrogens with one attached hydrogen (secondary N) is 1. The number of aromatic nitrogens is 2. The van der Waals surface area contributed by atoms with Crippen LogP contribution in [0.25, 0.3) is 22.0 Å². The summed E-state index contributed by atoms with van der Waals surface area (Å²) in [5, 5.41) is 2.25. The fraction of sp³-hybridized carbons (Fsp3) is 0.0476. The molecule has 0 radical (unpaired) electrons. The zero-order valence-electron chi connectivity index (χ0n) is 14.9. The number of hydrogen-bond donors (Lipinski definition) is 2. The van der Waals surface area contributed by atoms with Crippen LogP contribution in [0.15, 0.2) is 65.7 Å². The first-order chi connectivity index (χ1) is 13.5. The Hall–Kier alpha value is -2.47. The van der Waals surface area contributed by atoms with E-state index < -0.39 is 0 Å². The van der Waals surface area contributed by atoms with Crippen molar-refractivity contribution in [1.82, 2.24) is 9.97 Å². The van der Waals surface area contributed by atoms with E-state index in [1.54, 1.807) is 18.3 Å². The molecule has 0 unspecified atom stereocenters. The zero-order chi connectivity index (χ0) is 19.7. The summed E-state index contributed by atoms with van der Waals surface area (Å²) in [5.74, 6) is 0.277. The molecule has 3 N–H and O–H groups in total. The second-order valence-electron chi connectivity index (χ2n) is 6.31. The van der Waals surface area contributed by atoms with Gasteiger partial charge in [0, 0.05) is 27.2 Å². The van der Waals surface area contributed by atoms with Gasteiger partial charge in [-0.2, -0.15) is 0 Å². The topological polar surface area (TPSA) is 63.8 Å². The molecular weight excluding hydrogens is 411 g/mol. The Balaban J connectivity index is 1.63. The maximum atomic E-state index is 6.24. The highest BCUT2D eigenvalue weighted by Gasteiger charge is 2.08. The predicted molar refractivity (Wildman–Crippen MR) is 120 cm³/mol. The molecule has 0 fully saturated rings. The third-order valence-corrected chi connectivity index (χ3v) is 5.89. The van der Waals surface area contributed by atoms with Crippen LogP contribution in [-0.2, 0) is 0 Å². The number of nitrogens with zero attached hydrogens (tertiary/aromatic N) is 2. The molecule has 7 heteroatoms. The summed E-state index contributed by atoms with van der Waals surface area (Å²) in [6.07, 6.45) is 1.75. The van der Waals surface area contributed by atoms with Crippen LogP contribution in [0.5, 0.6) is 0 Å². The summed E-state index contributed by atoms with van der Waals surface area (Å²) in [4.78, 5) is 9.22. The van der Waals surface area contributed by atoms with Crippen molar-refractivity contribution >= 4 is 57.7 Å². The summed E-state index contributed by atoms with van der Waals surface area (Å²) in [6, 6.07) is 17.7. The van der Waals surface area contributed by atoms with Gasteiger partial charge in [-0.25, -0.2) is 9.97 Å². The first-order valence-corrected chi connectivity index (χ1v) is 10.1. The van der Waals surface area contributed by atoms with Gasteiger partial charge in [-0.3, -0.25) is 0 Å². The molecule has 28 heavy (non-hydrogen) atoms. The molecular formula is C21H16Cl2N4S. The van der Waals surface area contributed by atoms with Crippen molar-refractivity contribution < 1.29 is 0 Å². The van der Waals surface area contributed by atoms with E-state index in [0.717, 1.165) is 32.6 Å². The normalized spacial score (nSPS) is 11.0. The lowest BCUT2D eigenvalue weighted by Crippen LogP contribution is -1.94. The SMILES string of the molecule is Cc1ccc(NSc2cc(Cl)ccc2Cl)cc1-c1ccc2nc(N)ncc2c1. The van der Waals surface area contributed by atoms with Crippen molar-refractivity contribution in [2.45, 2.75) is 11.8 Å². The molecule has 0 aliphatic carbocycles. The number of benzene rings is 3. The van der Waals surface area contributed by atoms with E-state index in [1.165, 1.54) is 17.5 Å². The van der Waals surface area contributed by atoms with Crippen LogP contribution in [0.3, 0.4) is 0 Å². The van der Waals surface area contributed by atoms with Crippen LogP contribution in [0.1, 0.15) is 5.56 Å². The lowest BCUT2D eigenvalue weighted by atomic mass is 9.99. The summed E-state index contributed by atoms with van der Waals surface area (Å²) in [7, 11) is 0. The van der Waals surface area contributed by atoms with Crippen molar-refractivity contribution in [3.05, 3.63) is 76.4 Å². The lowest BCUT2D eigenvalue weighted by Gasteiger charge is -2.12. The highest BCUT2D eigenvalue weighted by molar-refractivity contribution is 8.00. The summed E-state index contributed by atoms with van der Waals surface area (Å²) < 4.78 is 3.34. The molecule has 4 rings (SSSR count). The van der Waals surface area contributed by atoms with E-state index in [0.29, 0.717) is 10.0 Å². The van der Waals surface area contributed by atoms with Gasteiger partial charge in [0.2, 0.25) is 5.95 Å². The molecule has 0 bridgehead atoms. The minimum Gasteiger partial charge on any atom is -0.368 e. The molecule has 0 spiro atoms. The predicted octanol–water partition coefficient (Wildman–Crippen LogP) is 6.61. The third kappa shape index (κ3) is 4.02. The summed E-state index contributed by atoms with van der Waals surface area (Å²) in [6.45, 7) is 2.09. The number of aryl methyl sites for hydroxylation is 1. The van der Waals surface area contributed by atoms with E-state index in [-0.39, 0.29) is 5.95 Å². The molecule has 0 aliphatic heterocycles. The Morgan fingerprint density at radius 2 is 1.86 bits per heavy atom. The monoisotopic (exact) mass is 426 g/mol. The largest absolute Gasteiger partial charge is 0.368 e. The molecule has 0 saturated carbocycles. The smallest absolute Gasteiger partial charge is 0.220 e. The van der Waals surface area contributed by atoms with Gasteiger partial charge in [-0.05, 0) is 78.0 Å². The fourth-order valence-corrected chi connectivity index (χ4v) is 4.06. The van der Waals surface area contributed by atoms with Gasteiger partial charge in [0.05, 0.1) is 10.5 Å². The Kier molecular flexibility index (Phi) is 5.31. The van der Waals surface area contributed by atoms with Gasteiger partial charge in [-0.1, -0.05) is 35.3 Å². The average Bonchev–Trinajstić information content (AvgIpc) is 2.69. The van der Waals surface area contributed by atoms with E-state index >= 15 is 0 Å². The minimum atomic E-state index is 0.277. The van der Waals surface area contributed by atoms with E-state index in [1.807, 2.05) is 24.3 Å². The number of rotatable bonds is 4. The molecule has 0 saturated heterocycles. The first-order valence-electron chi connectivity index (χ1n) is 8.51. The second-order valence-corrected chi connectivity index (χ2v) is 8.00. The van der Waals surface area contributed by atoms with E-state index in [2.05, 4.69) is 39.8 Å². The molecule has 140 valence electrons. The molecule has 4 aromatic rings. The fourth-order valence-electron chi connectivity index (χ4n) is 2.88.